The number of hydrogen-bond donors (Lipinski definition) is 0. The van der Waals surface area contributed by atoms with Crippen LogP contribution >= 0.6 is 0 Å². The highest BCUT2D eigenvalue weighted by Gasteiger charge is 2.79. The van der Waals surface area contributed by atoms with Crippen molar-refractivity contribution in [2.24, 2.45) is 5.92 Å². The first-order valence-corrected chi connectivity index (χ1v) is 7.35. The Morgan fingerprint density at radius 3 is 2.43 bits per heavy atom. The summed E-state index contributed by atoms with van der Waals surface area (Å²) in [5, 5.41) is 0. The normalized spacial score (nSPS) is 31.0. The molecule has 0 spiro atoms. The summed E-state index contributed by atoms with van der Waals surface area (Å²) in [6.45, 7) is 8.05. The van der Waals surface area contributed by atoms with Crippen LogP contribution in [0.3, 0.4) is 0 Å². The predicted molar refractivity (Wildman–Crippen MR) is 78.6 cm³/mol. The quantitative estimate of drug-likeness (QED) is 0.784. The van der Waals surface area contributed by atoms with Crippen LogP contribution in [0, 0.1) is 5.92 Å². The largest absolute Gasteiger partial charge is 0.448 e. The van der Waals surface area contributed by atoms with Crippen molar-refractivity contribution in [3.05, 3.63) is 35.9 Å². The fourth-order valence-electron chi connectivity index (χ4n) is 3.60. The molecule has 0 aromatic heterocycles. The molecule has 3 rings (SSSR count). The zero-order chi connectivity index (χ0) is 15.4. The molecule has 0 unspecified atom stereocenters. The van der Waals surface area contributed by atoms with Crippen molar-refractivity contribution in [2.45, 2.75) is 44.8 Å². The maximum atomic E-state index is 12.9. The smallest absolute Gasteiger partial charge is 0.303 e. The third-order valence-electron chi connectivity index (χ3n) is 4.55. The molecule has 1 aromatic rings. The van der Waals surface area contributed by atoms with Crippen molar-refractivity contribution in [1.82, 2.24) is 4.90 Å². The lowest BCUT2D eigenvalue weighted by atomic mass is 10.0. The summed E-state index contributed by atoms with van der Waals surface area (Å²) in [6, 6.07) is 9.86. The lowest BCUT2D eigenvalue weighted by Gasteiger charge is -2.35. The van der Waals surface area contributed by atoms with Gasteiger partial charge >= 0.3 is 5.97 Å². The molecule has 1 heterocycles. The number of ether oxygens (including phenoxy) is 1. The van der Waals surface area contributed by atoms with Gasteiger partial charge in [0.1, 0.15) is 0 Å². The molecule has 0 N–H and O–H groups in total. The number of rotatable bonds is 2. The highest BCUT2D eigenvalue weighted by molar-refractivity contribution is 5.96. The molecule has 21 heavy (non-hydrogen) atoms. The molecule has 1 aliphatic heterocycles. The fourth-order valence-corrected chi connectivity index (χ4v) is 3.60. The van der Waals surface area contributed by atoms with Gasteiger partial charge in [0.15, 0.2) is 0 Å². The van der Waals surface area contributed by atoms with Gasteiger partial charge in [-0.1, -0.05) is 30.3 Å². The number of hydrogen-bond acceptors (Lipinski definition) is 3. The van der Waals surface area contributed by atoms with Crippen LogP contribution in [0.4, 0.5) is 0 Å². The SMILES string of the molecule is CC(=O)O[C@]12C(=O)N(C(C)(C)C)C[C@H]1[C@@H]2c1ccccc1. The van der Waals surface area contributed by atoms with Gasteiger partial charge in [-0.05, 0) is 26.3 Å². The van der Waals surface area contributed by atoms with E-state index in [2.05, 4.69) is 0 Å². The van der Waals surface area contributed by atoms with Crippen LogP contribution in [-0.4, -0.2) is 34.5 Å². The molecule has 1 aliphatic carbocycles. The number of carbonyl (C=O) groups excluding carboxylic acids is 2. The van der Waals surface area contributed by atoms with Gasteiger partial charge < -0.3 is 9.64 Å². The summed E-state index contributed by atoms with van der Waals surface area (Å²) in [5.74, 6) is -0.379. The first-order valence-electron chi connectivity index (χ1n) is 7.35. The van der Waals surface area contributed by atoms with E-state index in [9.17, 15) is 9.59 Å². The number of amides is 1. The molecule has 1 saturated carbocycles. The first-order chi connectivity index (χ1) is 9.78. The molecule has 0 radical (unpaired) electrons. The van der Waals surface area contributed by atoms with Crippen LogP contribution in [0.1, 0.15) is 39.2 Å². The molecular weight excluding hydrogens is 266 g/mol. The Morgan fingerprint density at radius 1 is 1.29 bits per heavy atom. The molecule has 3 atom stereocenters. The van der Waals surface area contributed by atoms with Gasteiger partial charge in [0.2, 0.25) is 5.60 Å². The summed E-state index contributed by atoms with van der Waals surface area (Å²) < 4.78 is 5.55. The Labute approximate surface area is 125 Å². The minimum atomic E-state index is -0.972. The second-order valence-electron chi connectivity index (χ2n) is 6.97. The number of piperidine rings is 1. The highest BCUT2D eigenvalue weighted by Crippen LogP contribution is 2.65. The summed E-state index contributed by atoms with van der Waals surface area (Å²) in [6.07, 6.45) is 0. The van der Waals surface area contributed by atoms with Gasteiger partial charge in [-0.15, -0.1) is 0 Å². The van der Waals surface area contributed by atoms with Gasteiger partial charge in [0.05, 0.1) is 0 Å². The summed E-state index contributed by atoms with van der Waals surface area (Å²) in [4.78, 5) is 26.2. The van der Waals surface area contributed by atoms with Gasteiger partial charge in [-0.25, -0.2) is 0 Å². The van der Waals surface area contributed by atoms with Crippen LogP contribution < -0.4 is 0 Å². The Kier molecular flexibility index (Phi) is 2.91. The Morgan fingerprint density at radius 2 is 1.90 bits per heavy atom. The maximum absolute atomic E-state index is 12.9. The van der Waals surface area contributed by atoms with Crippen molar-refractivity contribution in [1.29, 1.82) is 0 Å². The molecule has 112 valence electrons. The standard InChI is InChI=1S/C17H21NO3/c1-11(19)21-17-13(10-18(15(17)20)16(2,3)4)14(17)12-8-6-5-7-9-12/h5-9,13-14H,10H2,1-4H3/t13-,14-,17+/m0/s1. The summed E-state index contributed by atoms with van der Waals surface area (Å²) >= 11 is 0. The maximum Gasteiger partial charge on any atom is 0.303 e. The van der Waals surface area contributed by atoms with E-state index in [0.717, 1.165) is 5.56 Å². The van der Waals surface area contributed by atoms with E-state index >= 15 is 0 Å². The van der Waals surface area contributed by atoms with Gasteiger partial charge in [-0.2, -0.15) is 0 Å². The van der Waals surface area contributed by atoms with E-state index in [1.165, 1.54) is 6.92 Å². The number of fused-ring (bicyclic) bond motifs is 1. The highest BCUT2D eigenvalue weighted by atomic mass is 16.6. The molecule has 1 amide bonds. The van der Waals surface area contributed by atoms with E-state index < -0.39 is 5.60 Å². The fraction of sp³-hybridized carbons (Fsp3) is 0.529. The molecule has 1 aromatic carbocycles. The van der Waals surface area contributed by atoms with Crippen LogP contribution in [0.5, 0.6) is 0 Å². The Balaban J connectivity index is 1.96. The molecule has 2 fully saturated rings. The van der Waals surface area contributed by atoms with Crippen molar-refractivity contribution in [2.75, 3.05) is 6.54 Å². The van der Waals surface area contributed by atoms with Crippen LogP contribution in [-0.2, 0) is 14.3 Å². The third-order valence-corrected chi connectivity index (χ3v) is 4.55. The van der Waals surface area contributed by atoms with E-state index in [-0.39, 0.29) is 29.3 Å². The topological polar surface area (TPSA) is 46.6 Å². The van der Waals surface area contributed by atoms with Crippen LogP contribution in [0.2, 0.25) is 0 Å². The number of nitrogens with zero attached hydrogens (tertiary/aromatic N) is 1. The van der Waals surface area contributed by atoms with Crippen molar-refractivity contribution in [3.8, 4) is 0 Å². The van der Waals surface area contributed by atoms with Crippen molar-refractivity contribution < 1.29 is 14.3 Å². The first kappa shape index (κ1) is 14.1. The zero-order valence-electron chi connectivity index (χ0n) is 12.9. The van der Waals surface area contributed by atoms with E-state index in [1.54, 1.807) is 0 Å². The molecule has 4 nitrogen and oxygen atoms in total. The number of likely N-dealkylation sites (tertiary alicyclic amines) is 1. The third kappa shape index (κ3) is 1.96. The monoisotopic (exact) mass is 287 g/mol. The average molecular weight is 287 g/mol. The van der Waals surface area contributed by atoms with Gasteiger partial charge in [0, 0.05) is 30.8 Å². The predicted octanol–water partition coefficient (Wildman–Crippen LogP) is 2.34. The minimum Gasteiger partial charge on any atom is -0.448 e. The van der Waals surface area contributed by atoms with Crippen LogP contribution in [0.25, 0.3) is 0 Å². The van der Waals surface area contributed by atoms with Gasteiger partial charge in [0.25, 0.3) is 5.91 Å². The lowest BCUT2D eigenvalue weighted by molar-refractivity contribution is -0.161. The number of esters is 1. The van der Waals surface area contributed by atoms with Crippen molar-refractivity contribution in [3.63, 3.8) is 0 Å². The molecule has 1 saturated heterocycles. The zero-order valence-corrected chi connectivity index (χ0v) is 12.9. The lowest BCUT2D eigenvalue weighted by Crippen LogP contribution is -2.48. The van der Waals surface area contributed by atoms with Gasteiger partial charge in [-0.3, -0.25) is 9.59 Å². The van der Waals surface area contributed by atoms with Crippen LogP contribution in [0.15, 0.2) is 30.3 Å². The molecule has 4 heteroatoms. The number of carbonyl (C=O) groups is 2. The molecular formula is C17H21NO3. The second-order valence-corrected chi connectivity index (χ2v) is 6.97. The average Bonchev–Trinajstić information content (AvgIpc) is 2.92. The second kappa shape index (κ2) is 4.33. The Bertz CT molecular complexity index is 590. The molecule has 0 bridgehead atoms. The summed E-state index contributed by atoms with van der Waals surface area (Å²) in [5.41, 5.74) is -0.148. The molecule has 2 aliphatic rings. The van der Waals surface area contributed by atoms with E-state index in [0.29, 0.717) is 6.54 Å². The Hall–Kier alpha value is -1.84. The number of benzene rings is 1. The van der Waals surface area contributed by atoms with E-state index in [1.807, 2.05) is 56.0 Å². The summed E-state index contributed by atoms with van der Waals surface area (Å²) in [7, 11) is 0. The minimum absolute atomic E-state index is 0.00583. The van der Waals surface area contributed by atoms with E-state index in [4.69, 9.17) is 4.74 Å². The van der Waals surface area contributed by atoms with Crippen molar-refractivity contribution >= 4 is 11.9 Å².